The Labute approximate surface area is 177 Å². The van der Waals surface area contributed by atoms with Gasteiger partial charge in [0.15, 0.2) is 11.5 Å². The van der Waals surface area contributed by atoms with Gasteiger partial charge in [0, 0.05) is 6.54 Å². The molecule has 0 aliphatic rings. The largest absolute Gasteiger partial charge is 0.495 e. The number of carbonyl (C=O) groups excluding carboxylic acids is 1. The van der Waals surface area contributed by atoms with Crippen LogP contribution in [0, 0.1) is 6.92 Å². The van der Waals surface area contributed by atoms with E-state index < -0.39 is 22.0 Å². The van der Waals surface area contributed by atoms with Crippen LogP contribution in [0.15, 0.2) is 41.3 Å². The molecule has 1 atom stereocenters. The van der Waals surface area contributed by atoms with Gasteiger partial charge in [0.05, 0.1) is 27.4 Å². The van der Waals surface area contributed by atoms with Crippen molar-refractivity contribution >= 4 is 15.9 Å². The van der Waals surface area contributed by atoms with E-state index in [1.807, 2.05) is 12.1 Å². The molecule has 0 aromatic heterocycles. The van der Waals surface area contributed by atoms with E-state index in [0.717, 1.165) is 11.1 Å². The van der Waals surface area contributed by atoms with Gasteiger partial charge < -0.3 is 19.5 Å². The molecule has 2 N–H and O–H groups in total. The van der Waals surface area contributed by atoms with Gasteiger partial charge in [0.25, 0.3) is 0 Å². The third-order valence-corrected chi connectivity index (χ3v) is 6.06. The fraction of sp³-hybridized carbons (Fsp3) is 0.381. The Morgan fingerprint density at radius 3 is 2.23 bits per heavy atom. The minimum Gasteiger partial charge on any atom is -0.495 e. The summed E-state index contributed by atoms with van der Waals surface area (Å²) >= 11 is 0. The van der Waals surface area contributed by atoms with Crippen molar-refractivity contribution in [1.29, 1.82) is 0 Å². The molecule has 30 heavy (non-hydrogen) atoms. The van der Waals surface area contributed by atoms with E-state index in [-0.39, 0.29) is 10.6 Å². The van der Waals surface area contributed by atoms with Gasteiger partial charge in [-0.05, 0) is 55.7 Å². The highest BCUT2D eigenvalue weighted by Crippen LogP contribution is 2.27. The SMILES string of the molecule is COc1ccc(CCNC(=O)[C@@H](C)NS(=O)(=O)c2cc(C)ccc2OC)cc1OC. The number of benzene rings is 2. The lowest BCUT2D eigenvalue weighted by atomic mass is 10.1. The van der Waals surface area contributed by atoms with Crippen LogP contribution in [0.4, 0.5) is 0 Å². The van der Waals surface area contributed by atoms with Gasteiger partial charge in [-0.2, -0.15) is 4.72 Å². The summed E-state index contributed by atoms with van der Waals surface area (Å²) in [5.41, 5.74) is 1.72. The van der Waals surface area contributed by atoms with Gasteiger partial charge >= 0.3 is 0 Å². The van der Waals surface area contributed by atoms with Gasteiger partial charge in [-0.3, -0.25) is 4.79 Å². The molecule has 0 heterocycles. The molecule has 9 heteroatoms. The van der Waals surface area contributed by atoms with Crippen LogP contribution in [-0.4, -0.2) is 48.2 Å². The zero-order chi connectivity index (χ0) is 22.3. The second kappa shape index (κ2) is 10.3. The van der Waals surface area contributed by atoms with Crippen LogP contribution in [0.1, 0.15) is 18.1 Å². The molecule has 0 unspecified atom stereocenters. The zero-order valence-electron chi connectivity index (χ0n) is 17.8. The minimum absolute atomic E-state index is 0.00465. The summed E-state index contributed by atoms with van der Waals surface area (Å²) in [7, 11) is 0.585. The Morgan fingerprint density at radius 1 is 0.967 bits per heavy atom. The average molecular weight is 437 g/mol. The highest BCUT2D eigenvalue weighted by molar-refractivity contribution is 7.89. The third-order valence-electron chi connectivity index (χ3n) is 4.49. The standard InChI is InChI=1S/C21H28N2O6S/c1-14-6-8-18(28-4)20(12-14)30(25,26)23-15(2)21(24)22-11-10-16-7-9-17(27-3)19(13-16)29-5/h6-9,12-13,15,23H,10-11H2,1-5H3,(H,22,24)/t15-/m1/s1. The van der Waals surface area contributed by atoms with Gasteiger partial charge in [-0.1, -0.05) is 12.1 Å². The molecule has 1 amide bonds. The van der Waals surface area contributed by atoms with Gasteiger partial charge in [0.2, 0.25) is 15.9 Å². The number of nitrogens with one attached hydrogen (secondary N) is 2. The van der Waals surface area contributed by atoms with Gasteiger partial charge in [-0.25, -0.2) is 8.42 Å². The molecule has 0 saturated heterocycles. The summed E-state index contributed by atoms with van der Waals surface area (Å²) in [6, 6.07) is 9.39. The van der Waals surface area contributed by atoms with E-state index in [4.69, 9.17) is 14.2 Å². The van der Waals surface area contributed by atoms with Crippen LogP contribution >= 0.6 is 0 Å². The molecule has 0 radical (unpaired) electrons. The third kappa shape index (κ3) is 5.87. The van der Waals surface area contributed by atoms with Crippen LogP contribution in [0.3, 0.4) is 0 Å². The van der Waals surface area contributed by atoms with E-state index in [1.54, 1.807) is 39.3 Å². The Morgan fingerprint density at radius 2 is 1.60 bits per heavy atom. The zero-order valence-corrected chi connectivity index (χ0v) is 18.6. The van der Waals surface area contributed by atoms with Gasteiger partial charge in [-0.15, -0.1) is 0 Å². The first-order chi connectivity index (χ1) is 14.2. The van der Waals surface area contributed by atoms with Gasteiger partial charge in [0.1, 0.15) is 10.6 Å². The van der Waals surface area contributed by atoms with Crippen LogP contribution < -0.4 is 24.2 Å². The van der Waals surface area contributed by atoms with E-state index in [1.165, 1.54) is 20.1 Å². The molecular formula is C21H28N2O6S. The molecule has 8 nitrogen and oxygen atoms in total. The van der Waals surface area contributed by atoms with E-state index in [9.17, 15) is 13.2 Å². The topological polar surface area (TPSA) is 103 Å². The van der Waals surface area contributed by atoms with E-state index >= 15 is 0 Å². The van der Waals surface area contributed by atoms with Crippen molar-refractivity contribution in [3.63, 3.8) is 0 Å². The van der Waals surface area contributed by atoms with Crippen molar-refractivity contribution in [2.45, 2.75) is 31.2 Å². The number of ether oxygens (including phenoxy) is 3. The molecule has 0 fully saturated rings. The predicted molar refractivity (Wildman–Crippen MR) is 114 cm³/mol. The average Bonchev–Trinajstić information content (AvgIpc) is 2.73. The summed E-state index contributed by atoms with van der Waals surface area (Å²) in [5.74, 6) is 1.02. The summed E-state index contributed by atoms with van der Waals surface area (Å²) in [4.78, 5) is 12.4. The van der Waals surface area contributed by atoms with Crippen molar-refractivity contribution < 1.29 is 27.4 Å². The van der Waals surface area contributed by atoms with E-state index in [2.05, 4.69) is 10.0 Å². The molecular weight excluding hydrogens is 408 g/mol. The number of carbonyl (C=O) groups is 1. The molecule has 0 aliphatic carbocycles. The Hall–Kier alpha value is -2.78. The summed E-state index contributed by atoms with van der Waals surface area (Å²) in [6.45, 7) is 3.61. The number of hydrogen-bond donors (Lipinski definition) is 2. The lowest BCUT2D eigenvalue weighted by molar-refractivity contribution is -0.122. The number of amides is 1. The summed E-state index contributed by atoms with van der Waals surface area (Å²) in [6.07, 6.45) is 0.553. The smallest absolute Gasteiger partial charge is 0.244 e. The second-order valence-corrected chi connectivity index (χ2v) is 8.41. The first-order valence-corrected chi connectivity index (χ1v) is 10.9. The normalized spacial score (nSPS) is 12.2. The van der Waals surface area contributed by atoms with Crippen molar-refractivity contribution in [1.82, 2.24) is 10.0 Å². The van der Waals surface area contributed by atoms with Crippen molar-refractivity contribution in [2.24, 2.45) is 0 Å². The minimum atomic E-state index is -3.93. The maximum absolute atomic E-state index is 12.7. The van der Waals surface area contributed by atoms with Crippen LogP contribution in [0.5, 0.6) is 17.2 Å². The number of aryl methyl sites for hydroxylation is 1. The summed E-state index contributed by atoms with van der Waals surface area (Å²) in [5, 5.41) is 2.74. The Kier molecular flexibility index (Phi) is 8.08. The lowest BCUT2D eigenvalue weighted by Gasteiger charge is -2.16. The van der Waals surface area contributed by atoms with Crippen molar-refractivity contribution in [2.75, 3.05) is 27.9 Å². The fourth-order valence-electron chi connectivity index (χ4n) is 2.86. The monoisotopic (exact) mass is 436 g/mol. The van der Waals surface area contributed by atoms with Crippen LogP contribution in [-0.2, 0) is 21.2 Å². The number of methoxy groups -OCH3 is 3. The first-order valence-electron chi connectivity index (χ1n) is 9.37. The van der Waals surface area contributed by atoms with Crippen LogP contribution in [0.2, 0.25) is 0 Å². The maximum Gasteiger partial charge on any atom is 0.244 e. The quantitative estimate of drug-likeness (QED) is 0.591. The molecule has 0 saturated carbocycles. The molecule has 2 rings (SSSR count). The Balaban J connectivity index is 1.97. The molecule has 0 aliphatic heterocycles. The molecule has 2 aromatic carbocycles. The highest BCUT2D eigenvalue weighted by atomic mass is 32.2. The molecule has 164 valence electrons. The number of sulfonamides is 1. The Bertz CT molecular complexity index is 991. The van der Waals surface area contributed by atoms with E-state index in [0.29, 0.717) is 24.5 Å². The molecule has 2 aromatic rings. The van der Waals surface area contributed by atoms with Crippen molar-refractivity contribution in [3.8, 4) is 17.2 Å². The maximum atomic E-state index is 12.7. The second-order valence-electron chi connectivity index (χ2n) is 6.73. The first kappa shape index (κ1) is 23.5. The summed E-state index contributed by atoms with van der Waals surface area (Å²) < 4.78 is 43.4. The van der Waals surface area contributed by atoms with Crippen molar-refractivity contribution in [3.05, 3.63) is 47.5 Å². The van der Waals surface area contributed by atoms with Crippen LogP contribution in [0.25, 0.3) is 0 Å². The highest BCUT2D eigenvalue weighted by Gasteiger charge is 2.25. The number of rotatable bonds is 10. The predicted octanol–water partition coefficient (Wildman–Crippen LogP) is 2.05. The number of hydrogen-bond acceptors (Lipinski definition) is 6. The molecule has 0 bridgehead atoms. The molecule has 0 spiro atoms. The lowest BCUT2D eigenvalue weighted by Crippen LogP contribution is -2.45. The fourth-order valence-corrected chi connectivity index (χ4v) is 4.32.